The molecular weight excluding hydrogens is 200 g/mol. The van der Waals surface area contributed by atoms with Crippen molar-refractivity contribution in [1.82, 2.24) is 0 Å². The minimum Gasteiger partial charge on any atom is -0.399 e. The quantitative estimate of drug-likeness (QED) is 0.709. The zero-order chi connectivity index (χ0) is 11.7. The van der Waals surface area contributed by atoms with E-state index in [2.05, 4.69) is 24.8 Å². The molecule has 0 bridgehead atoms. The van der Waals surface area contributed by atoms with E-state index >= 15 is 0 Å². The van der Waals surface area contributed by atoms with Gasteiger partial charge >= 0.3 is 0 Å². The normalized spacial score (nSPS) is 25.8. The van der Waals surface area contributed by atoms with E-state index in [9.17, 15) is 5.11 Å². The van der Waals surface area contributed by atoms with Gasteiger partial charge in [-0.15, -0.1) is 0 Å². The first-order valence-electron chi connectivity index (χ1n) is 5.87. The number of hydrogen-bond acceptors (Lipinski definition) is 3. The van der Waals surface area contributed by atoms with Crippen molar-refractivity contribution >= 4 is 11.4 Å². The van der Waals surface area contributed by atoms with Crippen molar-refractivity contribution in [2.45, 2.75) is 26.4 Å². The molecule has 1 aromatic carbocycles. The maximum absolute atomic E-state index is 9.71. The number of aliphatic hydroxyl groups is 1. The molecule has 0 radical (unpaired) electrons. The van der Waals surface area contributed by atoms with Crippen LogP contribution in [0.5, 0.6) is 0 Å². The number of nitrogens with two attached hydrogens (primary N) is 1. The Hall–Kier alpha value is -1.22. The van der Waals surface area contributed by atoms with Crippen LogP contribution in [0.15, 0.2) is 18.2 Å². The van der Waals surface area contributed by atoms with Crippen molar-refractivity contribution in [3.63, 3.8) is 0 Å². The summed E-state index contributed by atoms with van der Waals surface area (Å²) in [5.74, 6) is 0.328. The molecule has 2 unspecified atom stereocenters. The molecule has 0 amide bonds. The number of anilines is 2. The van der Waals surface area contributed by atoms with Gasteiger partial charge in [0.2, 0.25) is 0 Å². The molecule has 0 aromatic heterocycles. The third kappa shape index (κ3) is 2.14. The fraction of sp³-hybridized carbons (Fsp3) is 0.538. The molecule has 1 aromatic rings. The molecule has 1 aliphatic heterocycles. The van der Waals surface area contributed by atoms with Gasteiger partial charge in [0.25, 0.3) is 0 Å². The summed E-state index contributed by atoms with van der Waals surface area (Å²) in [5.41, 5.74) is 9.08. The van der Waals surface area contributed by atoms with E-state index in [-0.39, 0.29) is 6.10 Å². The average molecular weight is 220 g/mol. The molecule has 1 fully saturated rings. The van der Waals surface area contributed by atoms with Crippen LogP contribution >= 0.6 is 0 Å². The molecule has 0 saturated carbocycles. The minimum atomic E-state index is -0.155. The fourth-order valence-electron chi connectivity index (χ4n) is 2.32. The highest BCUT2D eigenvalue weighted by molar-refractivity contribution is 5.61. The number of piperidine rings is 1. The number of aryl methyl sites for hydroxylation is 1. The second-order valence-electron chi connectivity index (χ2n) is 4.83. The van der Waals surface area contributed by atoms with E-state index in [4.69, 9.17) is 5.73 Å². The third-order valence-corrected chi connectivity index (χ3v) is 3.43. The second-order valence-corrected chi connectivity index (χ2v) is 4.83. The summed E-state index contributed by atoms with van der Waals surface area (Å²) in [5, 5.41) is 9.71. The Bertz CT molecular complexity index is 378. The Labute approximate surface area is 96.9 Å². The molecule has 16 heavy (non-hydrogen) atoms. The highest BCUT2D eigenvalue weighted by Gasteiger charge is 2.24. The molecule has 0 aliphatic carbocycles. The Morgan fingerprint density at radius 1 is 1.44 bits per heavy atom. The van der Waals surface area contributed by atoms with Gasteiger partial charge in [0.15, 0.2) is 0 Å². The minimum absolute atomic E-state index is 0.155. The van der Waals surface area contributed by atoms with E-state index in [1.54, 1.807) is 0 Å². The van der Waals surface area contributed by atoms with Crippen LogP contribution in [-0.2, 0) is 0 Å². The van der Waals surface area contributed by atoms with Crippen LogP contribution in [-0.4, -0.2) is 24.3 Å². The molecule has 3 nitrogen and oxygen atoms in total. The lowest BCUT2D eigenvalue weighted by molar-refractivity contribution is 0.0971. The van der Waals surface area contributed by atoms with Gasteiger partial charge in [-0.2, -0.15) is 0 Å². The summed E-state index contributed by atoms with van der Waals surface area (Å²) >= 11 is 0. The van der Waals surface area contributed by atoms with Crippen LogP contribution in [0.4, 0.5) is 11.4 Å². The van der Waals surface area contributed by atoms with E-state index in [0.717, 1.165) is 25.2 Å². The first-order valence-corrected chi connectivity index (χ1v) is 5.87. The van der Waals surface area contributed by atoms with Crippen molar-refractivity contribution in [1.29, 1.82) is 0 Å². The van der Waals surface area contributed by atoms with Crippen molar-refractivity contribution < 1.29 is 5.11 Å². The van der Waals surface area contributed by atoms with Crippen molar-refractivity contribution in [3.05, 3.63) is 23.8 Å². The molecule has 3 heteroatoms. The van der Waals surface area contributed by atoms with Gasteiger partial charge in [0, 0.05) is 24.5 Å². The summed E-state index contributed by atoms with van der Waals surface area (Å²) < 4.78 is 0. The Kier molecular flexibility index (Phi) is 3.06. The van der Waals surface area contributed by atoms with Gasteiger partial charge in [0.05, 0.1) is 6.10 Å². The molecule has 2 rings (SSSR count). The highest BCUT2D eigenvalue weighted by atomic mass is 16.3. The van der Waals surface area contributed by atoms with Crippen LogP contribution < -0.4 is 10.6 Å². The number of benzene rings is 1. The van der Waals surface area contributed by atoms with Gasteiger partial charge in [0.1, 0.15) is 0 Å². The monoisotopic (exact) mass is 220 g/mol. The summed E-state index contributed by atoms with van der Waals surface area (Å²) in [4.78, 5) is 2.32. The van der Waals surface area contributed by atoms with Crippen LogP contribution in [0.25, 0.3) is 0 Å². The highest BCUT2D eigenvalue weighted by Crippen LogP contribution is 2.27. The SMILES string of the molecule is Cc1ccc(N)cc1N1CCC(O)C(C)C1. The predicted molar refractivity (Wildman–Crippen MR) is 67.6 cm³/mol. The van der Waals surface area contributed by atoms with Crippen LogP contribution in [0, 0.1) is 12.8 Å². The van der Waals surface area contributed by atoms with Gasteiger partial charge in [-0.05, 0) is 37.0 Å². The van der Waals surface area contributed by atoms with Crippen LogP contribution in [0.3, 0.4) is 0 Å². The Balaban J connectivity index is 2.21. The zero-order valence-corrected chi connectivity index (χ0v) is 9.98. The van der Waals surface area contributed by atoms with Crippen LogP contribution in [0.1, 0.15) is 18.9 Å². The molecule has 1 saturated heterocycles. The summed E-state index contributed by atoms with van der Waals surface area (Å²) in [7, 11) is 0. The van der Waals surface area contributed by atoms with Crippen LogP contribution in [0.2, 0.25) is 0 Å². The third-order valence-electron chi connectivity index (χ3n) is 3.43. The molecule has 2 atom stereocenters. The summed E-state index contributed by atoms with van der Waals surface area (Å²) in [6.45, 7) is 6.02. The molecule has 3 N–H and O–H groups in total. The van der Waals surface area contributed by atoms with Crippen molar-refractivity contribution in [2.75, 3.05) is 23.7 Å². The fourth-order valence-corrected chi connectivity index (χ4v) is 2.32. The number of nitrogen functional groups attached to an aromatic ring is 1. The lowest BCUT2D eigenvalue weighted by atomic mass is 9.95. The number of nitrogens with zero attached hydrogens (tertiary/aromatic N) is 1. The molecule has 1 aliphatic rings. The van der Waals surface area contributed by atoms with Gasteiger partial charge < -0.3 is 15.7 Å². The molecule has 1 heterocycles. The Morgan fingerprint density at radius 3 is 2.88 bits per heavy atom. The average Bonchev–Trinajstić information content (AvgIpc) is 2.26. The van der Waals surface area contributed by atoms with E-state index in [1.807, 2.05) is 12.1 Å². The first-order chi connectivity index (χ1) is 7.58. The largest absolute Gasteiger partial charge is 0.399 e. The molecular formula is C13H20N2O. The van der Waals surface area contributed by atoms with Gasteiger partial charge in [-0.3, -0.25) is 0 Å². The maximum atomic E-state index is 9.71. The van der Waals surface area contributed by atoms with Gasteiger partial charge in [-0.25, -0.2) is 0 Å². The lowest BCUT2D eigenvalue weighted by Crippen LogP contribution is -2.42. The topological polar surface area (TPSA) is 49.5 Å². The summed E-state index contributed by atoms with van der Waals surface area (Å²) in [6.07, 6.45) is 0.688. The standard InChI is InChI=1S/C13H20N2O/c1-9-3-4-11(14)7-12(9)15-6-5-13(16)10(2)8-15/h3-4,7,10,13,16H,5-6,8,14H2,1-2H3. The van der Waals surface area contributed by atoms with E-state index < -0.39 is 0 Å². The van der Waals surface area contributed by atoms with E-state index in [0.29, 0.717) is 5.92 Å². The zero-order valence-electron chi connectivity index (χ0n) is 9.98. The second kappa shape index (κ2) is 4.34. The molecule has 0 spiro atoms. The molecule has 88 valence electrons. The maximum Gasteiger partial charge on any atom is 0.0599 e. The number of hydrogen-bond donors (Lipinski definition) is 2. The first kappa shape index (κ1) is 11.3. The smallest absolute Gasteiger partial charge is 0.0599 e. The summed E-state index contributed by atoms with van der Waals surface area (Å²) in [6, 6.07) is 6.02. The lowest BCUT2D eigenvalue weighted by Gasteiger charge is -2.36. The van der Waals surface area contributed by atoms with Crippen molar-refractivity contribution in [3.8, 4) is 0 Å². The predicted octanol–water partition coefficient (Wildman–Crippen LogP) is 1.78. The number of rotatable bonds is 1. The van der Waals surface area contributed by atoms with Crippen molar-refractivity contribution in [2.24, 2.45) is 5.92 Å². The van der Waals surface area contributed by atoms with E-state index in [1.165, 1.54) is 11.3 Å². The Morgan fingerprint density at radius 2 is 2.19 bits per heavy atom. The number of aliphatic hydroxyl groups excluding tert-OH is 1. The van der Waals surface area contributed by atoms with Gasteiger partial charge in [-0.1, -0.05) is 13.0 Å².